The molecule has 0 amide bonds. The van der Waals surface area contributed by atoms with Gasteiger partial charge in [0.05, 0.1) is 0 Å². The second-order valence-corrected chi connectivity index (χ2v) is 3.18. The summed E-state index contributed by atoms with van der Waals surface area (Å²) in [4.78, 5) is 1.88. The van der Waals surface area contributed by atoms with E-state index in [2.05, 4.69) is 54.1 Å². The van der Waals surface area contributed by atoms with E-state index in [1.165, 1.54) is 16.7 Å². The Morgan fingerprint density at radius 3 is 2.55 bits per heavy atom. The van der Waals surface area contributed by atoms with Gasteiger partial charge in [-0.1, -0.05) is 39.7 Å². The highest BCUT2D eigenvalue weighted by molar-refractivity contribution is 9.11. The molecule has 0 spiro atoms. The van der Waals surface area contributed by atoms with Gasteiger partial charge in [-0.3, -0.25) is 0 Å². The van der Waals surface area contributed by atoms with Crippen LogP contribution in [-0.2, 0) is 0 Å². The third-order valence-electron chi connectivity index (χ3n) is 1.67. The number of rotatable bonds is 1. The number of halogens is 1. The van der Waals surface area contributed by atoms with Gasteiger partial charge in [0.25, 0.3) is 0 Å². The second kappa shape index (κ2) is 3.72. The molecule has 0 heterocycles. The first-order valence-electron chi connectivity index (χ1n) is 3.58. The zero-order valence-electron chi connectivity index (χ0n) is 6.76. The molecule has 1 rings (SSSR count). The molecule has 0 radical (unpaired) electrons. The zero-order chi connectivity index (χ0) is 8.27. The Kier molecular flexibility index (Phi) is 2.89. The van der Waals surface area contributed by atoms with Crippen LogP contribution >= 0.6 is 15.9 Å². The largest absolute Gasteiger partial charge is 0.0595 e. The molecule has 0 aromatic heterocycles. The van der Waals surface area contributed by atoms with Crippen molar-refractivity contribution in [2.45, 2.75) is 13.8 Å². The van der Waals surface area contributed by atoms with Crippen molar-refractivity contribution in [1.82, 2.24) is 0 Å². The first-order valence-corrected chi connectivity index (χ1v) is 4.49. The molecule has 0 saturated carbocycles. The Bertz CT molecular complexity index is 274. The lowest BCUT2D eigenvalue weighted by atomic mass is 10.1. The van der Waals surface area contributed by atoms with Gasteiger partial charge in [0, 0.05) is 0 Å². The van der Waals surface area contributed by atoms with E-state index in [0.29, 0.717) is 0 Å². The van der Waals surface area contributed by atoms with Crippen molar-refractivity contribution in [3.8, 4) is 0 Å². The van der Waals surface area contributed by atoms with Crippen molar-refractivity contribution in [2.75, 3.05) is 0 Å². The Balaban J connectivity index is 3.09. The average Bonchev–Trinajstić information content (AvgIpc) is 1.95. The summed E-state index contributed by atoms with van der Waals surface area (Å²) < 4.78 is 0. The topological polar surface area (TPSA) is 0 Å². The maximum Gasteiger partial charge on any atom is -0.0183 e. The van der Waals surface area contributed by atoms with Crippen molar-refractivity contribution >= 4 is 22.0 Å². The molecular formula is C10H11Br. The van der Waals surface area contributed by atoms with Crippen LogP contribution in [0.4, 0.5) is 0 Å². The fraction of sp³-hybridized carbons (Fsp3) is 0.200. The van der Waals surface area contributed by atoms with Crippen molar-refractivity contribution in [2.24, 2.45) is 0 Å². The molecule has 0 saturated heterocycles. The molecule has 0 aliphatic heterocycles. The van der Waals surface area contributed by atoms with Crippen LogP contribution in [0.25, 0.3) is 6.08 Å². The Labute approximate surface area is 76.1 Å². The molecule has 0 atom stereocenters. The van der Waals surface area contributed by atoms with Crippen LogP contribution in [0.3, 0.4) is 0 Å². The van der Waals surface area contributed by atoms with E-state index >= 15 is 0 Å². The Hall–Kier alpha value is -0.560. The standard InChI is InChI=1S/C10H11Br/c1-8-3-4-10(5-6-11)9(2)7-8/h3-7H,1-2H3. The molecule has 1 heteroatoms. The summed E-state index contributed by atoms with van der Waals surface area (Å²) in [5.74, 6) is 0. The lowest BCUT2D eigenvalue weighted by Crippen LogP contribution is -1.80. The maximum absolute atomic E-state index is 3.26. The predicted molar refractivity (Wildman–Crippen MR) is 53.9 cm³/mol. The highest BCUT2D eigenvalue weighted by atomic mass is 79.9. The first-order chi connectivity index (χ1) is 5.24. The quantitative estimate of drug-likeness (QED) is 0.664. The highest BCUT2D eigenvalue weighted by Crippen LogP contribution is 2.12. The monoisotopic (exact) mass is 210 g/mol. The minimum absolute atomic E-state index is 1.27. The average molecular weight is 211 g/mol. The molecule has 0 unspecified atom stereocenters. The van der Waals surface area contributed by atoms with Crippen LogP contribution in [0, 0.1) is 13.8 Å². The van der Waals surface area contributed by atoms with Crippen LogP contribution in [0.5, 0.6) is 0 Å². The number of hydrogen-bond donors (Lipinski definition) is 0. The summed E-state index contributed by atoms with van der Waals surface area (Å²) in [5.41, 5.74) is 3.90. The van der Waals surface area contributed by atoms with Gasteiger partial charge in [-0.25, -0.2) is 0 Å². The predicted octanol–water partition coefficient (Wildman–Crippen LogP) is 3.67. The summed E-state index contributed by atoms with van der Waals surface area (Å²) in [5, 5.41) is 0. The van der Waals surface area contributed by atoms with Crippen LogP contribution in [-0.4, -0.2) is 0 Å². The maximum atomic E-state index is 3.26. The number of benzene rings is 1. The van der Waals surface area contributed by atoms with Gasteiger partial charge in [-0.15, -0.1) is 0 Å². The zero-order valence-corrected chi connectivity index (χ0v) is 8.35. The number of aryl methyl sites for hydroxylation is 2. The van der Waals surface area contributed by atoms with Crippen molar-refractivity contribution < 1.29 is 0 Å². The Morgan fingerprint density at radius 1 is 1.27 bits per heavy atom. The third kappa shape index (κ3) is 2.19. The molecule has 0 N–H and O–H groups in total. The van der Waals surface area contributed by atoms with Gasteiger partial charge in [-0.05, 0) is 36.0 Å². The van der Waals surface area contributed by atoms with E-state index in [4.69, 9.17) is 0 Å². The van der Waals surface area contributed by atoms with Crippen LogP contribution in [0.2, 0.25) is 0 Å². The minimum atomic E-state index is 1.27. The molecule has 0 nitrogen and oxygen atoms in total. The molecule has 1 aromatic rings. The van der Waals surface area contributed by atoms with E-state index < -0.39 is 0 Å². The Morgan fingerprint density at radius 2 is 2.00 bits per heavy atom. The van der Waals surface area contributed by atoms with Gasteiger partial charge in [-0.2, -0.15) is 0 Å². The fourth-order valence-corrected chi connectivity index (χ4v) is 1.37. The molecule has 0 bridgehead atoms. The molecule has 0 aliphatic carbocycles. The summed E-state index contributed by atoms with van der Waals surface area (Å²) in [6.45, 7) is 4.23. The summed E-state index contributed by atoms with van der Waals surface area (Å²) in [6, 6.07) is 6.43. The fourth-order valence-electron chi connectivity index (χ4n) is 1.08. The highest BCUT2D eigenvalue weighted by Gasteiger charge is 1.92. The molecular weight excluding hydrogens is 200 g/mol. The molecule has 11 heavy (non-hydrogen) atoms. The van der Waals surface area contributed by atoms with Crippen molar-refractivity contribution in [1.29, 1.82) is 0 Å². The summed E-state index contributed by atoms with van der Waals surface area (Å²) >= 11 is 3.26. The first kappa shape index (κ1) is 8.54. The van der Waals surface area contributed by atoms with Gasteiger partial charge in [0.1, 0.15) is 0 Å². The van der Waals surface area contributed by atoms with E-state index in [0.717, 1.165) is 0 Å². The van der Waals surface area contributed by atoms with Crippen LogP contribution in [0.1, 0.15) is 16.7 Å². The molecule has 0 fully saturated rings. The van der Waals surface area contributed by atoms with E-state index in [1.807, 2.05) is 4.99 Å². The lowest BCUT2D eigenvalue weighted by Gasteiger charge is -2.00. The molecule has 58 valence electrons. The van der Waals surface area contributed by atoms with Gasteiger partial charge in [0.15, 0.2) is 0 Å². The molecule has 0 aliphatic rings. The second-order valence-electron chi connectivity index (χ2n) is 2.65. The van der Waals surface area contributed by atoms with E-state index in [1.54, 1.807) is 0 Å². The van der Waals surface area contributed by atoms with E-state index in [9.17, 15) is 0 Å². The van der Waals surface area contributed by atoms with Gasteiger partial charge < -0.3 is 0 Å². The van der Waals surface area contributed by atoms with Crippen molar-refractivity contribution in [3.05, 3.63) is 39.9 Å². The normalized spacial score (nSPS) is 10.8. The summed E-state index contributed by atoms with van der Waals surface area (Å²) in [7, 11) is 0. The van der Waals surface area contributed by atoms with Crippen LogP contribution < -0.4 is 0 Å². The van der Waals surface area contributed by atoms with Crippen LogP contribution in [0.15, 0.2) is 23.2 Å². The van der Waals surface area contributed by atoms with Gasteiger partial charge >= 0.3 is 0 Å². The van der Waals surface area contributed by atoms with Crippen molar-refractivity contribution in [3.63, 3.8) is 0 Å². The van der Waals surface area contributed by atoms with E-state index in [-0.39, 0.29) is 0 Å². The lowest BCUT2D eigenvalue weighted by molar-refractivity contribution is 1.37. The molecule has 1 aromatic carbocycles. The SMILES string of the molecule is Cc1ccc(C=CBr)c(C)c1. The number of hydrogen-bond acceptors (Lipinski definition) is 0. The minimum Gasteiger partial charge on any atom is -0.0595 e. The smallest absolute Gasteiger partial charge is 0.0183 e. The third-order valence-corrected chi connectivity index (χ3v) is 1.93. The summed E-state index contributed by atoms with van der Waals surface area (Å²) in [6.07, 6.45) is 2.05. The van der Waals surface area contributed by atoms with Gasteiger partial charge in [0.2, 0.25) is 0 Å².